The fourth-order valence-electron chi connectivity index (χ4n) is 4.59. The van der Waals surface area contributed by atoms with Crippen LogP contribution in [0.5, 0.6) is 0 Å². The molecule has 0 saturated carbocycles. The number of allylic oxidation sites excluding steroid dienone is 2. The van der Waals surface area contributed by atoms with Crippen LogP contribution in [0.25, 0.3) is 5.76 Å². The molecule has 1 aromatic carbocycles. The predicted molar refractivity (Wildman–Crippen MR) is 183 cm³/mol. The number of alkyl halides is 8. The summed E-state index contributed by atoms with van der Waals surface area (Å²) in [6.07, 6.45) is -1.61. The van der Waals surface area contributed by atoms with Gasteiger partial charge in [0.25, 0.3) is 0 Å². The lowest BCUT2D eigenvalue weighted by Gasteiger charge is -2.40. The Hall–Kier alpha value is -2.30. The molecule has 1 aromatic rings. The molecule has 1 spiro atoms. The van der Waals surface area contributed by atoms with E-state index in [1.807, 2.05) is 33.9 Å². The van der Waals surface area contributed by atoms with Crippen molar-refractivity contribution in [2.45, 2.75) is 108 Å². The van der Waals surface area contributed by atoms with E-state index in [2.05, 4.69) is 29.5 Å². The topological polar surface area (TPSA) is 77.4 Å². The molecule has 20 heteroatoms. The highest BCUT2D eigenvalue weighted by molar-refractivity contribution is 9.10. The maximum absolute atomic E-state index is 15.6. The number of nitrogens with zero attached hydrogens (tertiary/aromatic N) is 2. The molecule has 2 heterocycles. The van der Waals surface area contributed by atoms with Crippen molar-refractivity contribution in [2.75, 3.05) is 6.54 Å². The lowest BCUT2D eigenvalue weighted by Crippen LogP contribution is -2.45. The zero-order valence-electron chi connectivity index (χ0n) is 29.5. The molecular weight excluding hydrogens is 819 g/mol. The van der Waals surface area contributed by atoms with Gasteiger partial charge in [-0.1, -0.05) is 47.6 Å². The van der Waals surface area contributed by atoms with Crippen molar-refractivity contribution < 1.29 is 61.0 Å². The summed E-state index contributed by atoms with van der Waals surface area (Å²) in [4.78, 5) is 5.71. The highest BCUT2D eigenvalue weighted by Gasteiger charge is 2.53. The number of amidine groups is 1. The third kappa shape index (κ3) is 9.09. The number of benzene rings is 1. The minimum Gasteiger partial charge on any atom is -0.543 e. The Bertz CT molecular complexity index is 1760. The molecular formula is C31H40BrF9N2O5SSi2. The normalized spacial score (nSPS) is 20.1. The Morgan fingerprint density at radius 2 is 1.47 bits per heavy atom. The molecule has 0 unspecified atom stereocenters. The first-order valence-electron chi connectivity index (χ1n) is 15.4. The zero-order chi connectivity index (χ0) is 39.6. The van der Waals surface area contributed by atoms with Crippen LogP contribution in [0.3, 0.4) is 0 Å². The van der Waals surface area contributed by atoms with E-state index in [1.165, 1.54) is 19.2 Å². The van der Waals surface area contributed by atoms with Crippen LogP contribution in [-0.4, -0.2) is 60.6 Å². The molecule has 7 nitrogen and oxygen atoms in total. The second kappa shape index (κ2) is 13.8. The zero-order valence-corrected chi connectivity index (χ0v) is 33.9. The maximum Gasteiger partial charge on any atom is 0.522 e. The Kier molecular flexibility index (Phi) is 11.7. The summed E-state index contributed by atoms with van der Waals surface area (Å²) < 4.78 is 155. The van der Waals surface area contributed by atoms with E-state index in [9.17, 15) is 43.5 Å². The number of ether oxygens (including phenoxy) is 1. The van der Waals surface area contributed by atoms with Gasteiger partial charge in [-0.15, -0.1) is 0 Å². The van der Waals surface area contributed by atoms with Gasteiger partial charge in [0.05, 0.1) is 22.2 Å². The van der Waals surface area contributed by atoms with Crippen molar-refractivity contribution in [2.24, 2.45) is 4.99 Å². The van der Waals surface area contributed by atoms with Gasteiger partial charge in [0.15, 0.2) is 11.6 Å². The Morgan fingerprint density at radius 1 is 0.922 bits per heavy atom. The van der Waals surface area contributed by atoms with Crippen molar-refractivity contribution in [1.29, 1.82) is 0 Å². The summed E-state index contributed by atoms with van der Waals surface area (Å²) in [6.45, 7) is 14.6. The van der Waals surface area contributed by atoms with Gasteiger partial charge in [-0.25, -0.2) is 4.39 Å². The van der Waals surface area contributed by atoms with Gasteiger partial charge >= 0.3 is 28.4 Å². The van der Waals surface area contributed by atoms with Crippen molar-refractivity contribution in [3.63, 3.8) is 0 Å². The summed E-state index contributed by atoms with van der Waals surface area (Å²) in [7, 11) is -10.8. The average Bonchev–Trinajstić information content (AvgIpc) is 3.29. The van der Waals surface area contributed by atoms with Gasteiger partial charge in [0.2, 0.25) is 16.6 Å². The molecule has 3 aliphatic rings. The second-order valence-electron chi connectivity index (χ2n) is 15.2. The lowest BCUT2D eigenvalue weighted by atomic mass is 9.79. The second-order valence-corrected chi connectivity index (χ2v) is 27.4. The summed E-state index contributed by atoms with van der Waals surface area (Å²) >= 11 is 3.21. The first-order chi connectivity index (χ1) is 22.7. The monoisotopic (exact) mass is 858 g/mol. The molecule has 0 bridgehead atoms. The van der Waals surface area contributed by atoms with E-state index in [4.69, 9.17) is 4.43 Å². The van der Waals surface area contributed by atoms with Crippen molar-refractivity contribution in [1.82, 2.24) is 4.90 Å². The summed E-state index contributed by atoms with van der Waals surface area (Å²) in [5.74, 6) is -1.10. The van der Waals surface area contributed by atoms with Crippen LogP contribution in [0.4, 0.5) is 39.5 Å². The van der Waals surface area contributed by atoms with Crippen LogP contribution in [0.1, 0.15) is 59.1 Å². The number of hydrogen-bond acceptors (Lipinski definition) is 7. The lowest BCUT2D eigenvalue weighted by molar-refractivity contribution is -0.0981. The average molecular weight is 860 g/mol. The van der Waals surface area contributed by atoms with Crippen LogP contribution in [-0.2, 0) is 28.7 Å². The predicted octanol–water partition coefficient (Wildman–Crippen LogP) is 10.7. The van der Waals surface area contributed by atoms with Gasteiger partial charge < -0.3 is 17.9 Å². The number of fused-ring (bicyclic) bond motifs is 3. The smallest absolute Gasteiger partial charge is 0.522 e. The molecule has 0 radical (unpaired) electrons. The molecule has 0 saturated heterocycles. The van der Waals surface area contributed by atoms with Crippen LogP contribution < -0.4 is 0 Å². The highest BCUT2D eigenvalue weighted by Crippen LogP contribution is 2.50. The van der Waals surface area contributed by atoms with Crippen molar-refractivity contribution in [3.8, 4) is 0 Å². The number of hydrogen-bond donors (Lipinski definition) is 0. The standard InChI is InChI=1S/C24H25BrF6N2O2Si.C7H15F3O3SSi/c1-22(2,3)36(4,5)35-16-8-9-23(14-6-7-15(25)19(26)18(14)16)12-33-11-13(24(29,30)31)10-17(20(33)32-23)34-21(27)28;1-6(2,3)15(4,5)13-14(11,12)7(8,9)10/h6-8,10-11,21H,9,12H2,1-5H3;1-5H3/t23-;/m1./s1. The molecule has 2 aliphatic heterocycles. The number of halogens is 10. The van der Waals surface area contributed by atoms with Crippen LogP contribution in [0, 0.1) is 5.82 Å². The molecule has 0 aromatic heterocycles. The molecule has 0 N–H and O–H groups in total. The van der Waals surface area contributed by atoms with E-state index in [0.29, 0.717) is 17.4 Å². The fraction of sp³-hybridized carbons (Fsp3) is 0.581. The summed E-state index contributed by atoms with van der Waals surface area (Å²) in [5, 5.41) is -0.768. The van der Waals surface area contributed by atoms with Crippen molar-refractivity contribution in [3.05, 3.63) is 63.2 Å². The van der Waals surface area contributed by atoms with E-state index < -0.39 is 72.8 Å². The molecule has 1 atom stereocenters. The number of rotatable bonds is 6. The summed E-state index contributed by atoms with van der Waals surface area (Å²) in [5.41, 5.74) is -7.16. The number of aliphatic imine (C=N–C) groups is 1. The van der Waals surface area contributed by atoms with E-state index in [1.54, 1.807) is 32.9 Å². The van der Waals surface area contributed by atoms with Crippen LogP contribution in [0.2, 0.25) is 36.3 Å². The van der Waals surface area contributed by atoms with E-state index in [-0.39, 0.29) is 33.9 Å². The largest absolute Gasteiger partial charge is 0.543 e. The molecule has 4 rings (SSSR count). The van der Waals surface area contributed by atoms with E-state index >= 15 is 4.39 Å². The van der Waals surface area contributed by atoms with Crippen LogP contribution >= 0.6 is 15.9 Å². The molecule has 288 valence electrons. The Labute approximate surface area is 302 Å². The highest BCUT2D eigenvalue weighted by atomic mass is 79.9. The maximum atomic E-state index is 15.6. The fourth-order valence-corrected chi connectivity index (χ4v) is 9.53. The van der Waals surface area contributed by atoms with Crippen LogP contribution in [0.15, 0.2) is 51.3 Å². The third-order valence-corrected chi connectivity index (χ3v) is 21.1. The third-order valence-electron chi connectivity index (χ3n) is 9.42. The summed E-state index contributed by atoms with van der Waals surface area (Å²) in [6, 6.07) is 3.13. The van der Waals surface area contributed by atoms with Gasteiger partial charge in [-0.3, -0.25) is 4.99 Å². The Balaban J connectivity index is 0.000000396. The molecule has 0 fully saturated rings. The van der Waals surface area contributed by atoms with Gasteiger partial charge in [-0.2, -0.15) is 43.5 Å². The first kappa shape index (κ1) is 43.1. The minimum absolute atomic E-state index is 0.121. The van der Waals surface area contributed by atoms with Gasteiger partial charge in [0.1, 0.15) is 17.1 Å². The molecule has 1 aliphatic carbocycles. The van der Waals surface area contributed by atoms with Crippen molar-refractivity contribution >= 4 is 54.3 Å². The van der Waals surface area contributed by atoms with E-state index in [0.717, 1.165) is 11.1 Å². The molecule has 0 amide bonds. The quantitative estimate of drug-likeness (QED) is 0.161. The first-order valence-corrected chi connectivity index (χ1v) is 23.4. The van der Waals surface area contributed by atoms with Gasteiger partial charge in [0, 0.05) is 12.6 Å². The van der Waals surface area contributed by atoms with Gasteiger partial charge in [-0.05, 0) is 76.0 Å². The Morgan fingerprint density at radius 3 is 1.94 bits per heavy atom. The minimum atomic E-state index is -5.48. The molecule has 51 heavy (non-hydrogen) atoms. The SMILES string of the molecule is CC(C)(C)[Si](C)(C)OC1=CC[C@@]2(CN3C=C(C(F)(F)F)C=C(OC(F)F)C3=N2)c2ccc(Br)c(F)c21.CC(C)(C)[Si](C)(C)OS(=O)(=O)C(F)(F)F.